The topological polar surface area (TPSA) is 178 Å². The van der Waals surface area contributed by atoms with E-state index in [0.29, 0.717) is 23.6 Å². The average molecular weight is 632 g/mol. The van der Waals surface area contributed by atoms with Gasteiger partial charge >= 0.3 is 0 Å². The number of amides is 1. The maximum Gasteiger partial charge on any atom is 0.275 e. The Hall–Kier alpha value is -3.18. The van der Waals surface area contributed by atoms with Crippen LogP contribution in [0.1, 0.15) is 95.4 Å². The third kappa shape index (κ3) is 9.41. The molecule has 9 N–H and O–H groups in total. The molecule has 1 amide bonds. The highest BCUT2D eigenvalue weighted by molar-refractivity contribution is 6.47. The summed E-state index contributed by atoms with van der Waals surface area (Å²) in [5, 5.41) is 7.65. The molecule has 1 unspecified atom stereocenters. The molecule has 0 bridgehead atoms. The van der Waals surface area contributed by atoms with Crippen LogP contribution in [0.3, 0.4) is 0 Å². The number of nitrogens with one attached hydrogen (secondary N) is 1. The van der Waals surface area contributed by atoms with Crippen LogP contribution in [0.5, 0.6) is 0 Å². The Balaban J connectivity index is 0.00000152. The normalized spacial score (nSPS) is 19.9. The van der Waals surface area contributed by atoms with Crippen molar-refractivity contribution in [2.75, 3.05) is 7.05 Å². The molecule has 0 aromatic heterocycles. The predicted molar refractivity (Wildman–Crippen MR) is 179 cm³/mol. The van der Waals surface area contributed by atoms with Gasteiger partial charge in [0, 0.05) is 12.0 Å². The van der Waals surface area contributed by atoms with E-state index in [0.717, 1.165) is 56.1 Å². The number of halogens is 2. The number of carbonyl (C=O) groups is 2. The van der Waals surface area contributed by atoms with E-state index in [1.54, 1.807) is 6.07 Å². The number of unbranched alkanes of at least 4 members (excludes halogenated alkanes) is 1. The van der Waals surface area contributed by atoms with Crippen molar-refractivity contribution >= 4 is 35.8 Å². The van der Waals surface area contributed by atoms with E-state index in [1.165, 1.54) is 19.2 Å². The Morgan fingerprint density at radius 2 is 1.70 bits per heavy atom. The first-order valence-corrected chi connectivity index (χ1v) is 15.3. The number of amidine groups is 1. The Morgan fingerprint density at radius 1 is 1.14 bits per heavy atom. The zero-order chi connectivity index (χ0) is 33.7. The first-order valence-electron chi connectivity index (χ1n) is 15.0. The third-order valence-electron chi connectivity index (χ3n) is 8.30. The maximum atomic E-state index is 14.5. The molecular weight excluding hydrogens is 581 g/mol. The van der Waals surface area contributed by atoms with Gasteiger partial charge in [-0.2, -0.15) is 0 Å². The largest absolute Gasteiger partial charge is 0.387 e. The van der Waals surface area contributed by atoms with Crippen LogP contribution in [0, 0.1) is 22.6 Å². The van der Waals surface area contributed by atoms with Crippen LogP contribution in [-0.2, 0) is 16.0 Å². The van der Waals surface area contributed by atoms with E-state index >= 15 is 0 Å². The van der Waals surface area contributed by atoms with Crippen LogP contribution >= 0.6 is 11.6 Å². The Kier molecular flexibility index (Phi) is 15.8. The molecule has 4 rings (SSSR count). The summed E-state index contributed by atoms with van der Waals surface area (Å²) in [6, 6.07) is 12.5. The van der Waals surface area contributed by atoms with Crippen molar-refractivity contribution in [1.82, 2.24) is 4.90 Å². The van der Waals surface area contributed by atoms with Crippen LogP contribution < -0.4 is 23.2 Å². The lowest BCUT2D eigenvalue weighted by Crippen LogP contribution is -2.51. The fourth-order valence-electron chi connectivity index (χ4n) is 6.09. The van der Waals surface area contributed by atoms with Crippen molar-refractivity contribution in [2.24, 2.45) is 39.5 Å². The van der Waals surface area contributed by atoms with Crippen molar-refractivity contribution in [2.45, 2.75) is 90.8 Å². The second kappa shape index (κ2) is 17.9. The van der Waals surface area contributed by atoms with Gasteiger partial charge < -0.3 is 21.2 Å². The number of nitrogens with two attached hydrogens (primary N) is 4. The summed E-state index contributed by atoms with van der Waals surface area (Å²) >= 11 is 5.95. The molecule has 1 aliphatic heterocycles. The quantitative estimate of drug-likeness (QED) is 0.109. The second-order valence-electron chi connectivity index (χ2n) is 12.0. The number of rotatable bonds is 8. The lowest BCUT2D eigenvalue weighted by molar-refractivity contribution is -0.133. The highest BCUT2D eigenvalue weighted by Gasteiger charge is 2.52. The summed E-state index contributed by atoms with van der Waals surface area (Å²) in [5.74, 6) is 7.98. The molecule has 1 fully saturated rings. The number of hydrogen-bond acceptors (Lipinski definition) is 7. The van der Waals surface area contributed by atoms with Crippen molar-refractivity contribution in [1.29, 1.82) is 5.41 Å². The third-order valence-corrected chi connectivity index (χ3v) is 8.60. The lowest BCUT2D eigenvalue weighted by atomic mass is 9.69. The molecule has 2 aromatic rings. The molecule has 0 saturated heterocycles. The van der Waals surface area contributed by atoms with E-state index in [4.69, 9.17) is 32.5 Å². The number of hydrogen-bond donors (Lipinski definition) is 5. The van der Waals surface area contributed by atoms with Crippen molar-refractivity contribution in [3.05, 3.63) is 70.0 Å². The number of carbonyl (C=O) groups excluding carboxylic acids is 2. The molecule has 244 valence electrons. The average Bonchev–Trinajstić information content (AvgIpc) is 3.29. The van der Waals surface area contributed by atoms with Gasteiger partial charge in [-0.25, -0.2) is 4.39 Å². The molecule has 1 saturated carbocycles. The van der Waals surface area contributed by atoms with E-state index in [-0.39, 0.29) is 28.2 Å². The van der Waals surface area contributed by atoms with Crippen LogP contribution in [0.15, 0.2) is 47.5 Å². The lowest BCUT2D eigenvalue weighted by Gasteiger charge is -2.47. The summed E-state index contributed by atoms with van der Waals surface area (Å²) in [6.07, 6.45) is 6.72. The smallest absolute Gasteiger partial charge is 0.275 e. The first-order chi connectivity index (χ1) is 20.9. The molecule has 1 spiro atoms. The second-order valence-corrected chi connectivity index (χ2v) is 12.4. The minimum absolute atomic E-state index is 0.0310. The van der Waals surface area contributed by atoms with E-state index in [9.17, 15) is 9.18 Å². The van der Waals surface area contributed by atoms with Gasteiger partial charge in [-0.3, -0.25) is 26.9 Å². The molecule has 1 aliphatic carbocycles. The summed E-state index contributed by atoms with van der Waals surface area (Å²) in [6.45, 7) is 11.0. The first kappa shape index (κ1) is 38.8. The fraction of sp³-hybridized carbons (Fsp3) is 0.515. The van der Waals surface area contributed by atoms with Crippen LogP contribution in [0.25, 0.3) is 0 Å². The van der Waals surface area contributed by atoms with Crippen LogP contribution in [0.2, 0.25) is 5.02 Å². The molecule has 1 atom stereocenters. The van der Waals surface area contributed by atoms with Crippen LogP contribution in [0.4, 0.5) is 4.39 Å². The Morgan fingerprint density at radius 3 is 2.18 bits per heavy atom. The summed E-state index contributed by atoms with van der Waals surface area (Å²) in [4.78, 5) is 29.4. The van der Waals surface area contributed by atoms with E-state index < -0.39 is 11.5 Å². The number of benzene rings is 2. The van der Waals surface area contributed by atoms with Gasteiger partial charge in [0.25, 0.3) is 5.91 Å². The maximum absolute atomic E-state index is 14.5. The molecule has 2 aromatic carbocycles. The SMILES string of the molecule is C=O.CCCCC(c1ccc(CC(=N)N)cc1)N1C(=O)C(c2ccc(Cl)c(F)c2)=NC12CCC(C(C)(C)C)CC2.CN.NN. The summed E-state index contributed by atoms with van der Waals surface area (Å²) < 4.78 is 14.5. The minimum atomic E-state index is -0.652. The minimum Gasteiger partial charge on any atom is -0.387 e. The molecule has 2 aliphatic rings. The highest BCUT2D eigenvalue weighted by atomic mass is 35.5. The number of hydrazine groups is 1. The molecular formula is C33H51ClFN7O2. The van der Waals surface area contributed by atoms with Gasteiger partial charge in [0.15, 0.2) is 0 Å². The van der Waals surface area contributed by atoms with Crippen molar-refractivity contribution < 1.29 is 14.0 Å². The Bertz CT molecular complexity index is 1240. The summed E-state index contributed by atoms with van der Waals surface area (Å²) in [5.41, 5.74) is 12.5. The zero-order valence-corrected chi connectivity index (χ0v) is 27.6. The number of nitrogens with zero attached hydrogens (tertiary/aromatic N) is 2. The van der Waals surface area contributed by atoms with Gasteiger partial charge in [-0.1, -0.05) is 82.5 Å². The standard InChI is InChI=1S/C31H40ClFN4O.CH5N.CH2O.H4N2/c1-5-6-7-26(21-10-8-20(9-11-21)18-27(34)35)37-29(38)28(22-12-13-24(32)25(33)19-22)36-31(37)16-14-23(15-17-31)30(2,3)4;3*1-2/h8-13,19,23,26H,5-7,14-18H2,1-4H3,(H3,34,35);2H2,1H3;1H2;1-2H2. The summed E-state index contributed by atoms with van der Waals surface area (Å²) in [7, 11) is 1.50. The van der Waals surface area contributed by atoms with Gasteiger partial charge in [0.05, 0.1) is 16.9 Å². The van der Waals surface area contributed by atoms with Crippen LogP contribution in [-0.4, -0.2) is 41.9 Å². The van der Waals surface area contributed by atoms with Gasteiger partial charge in [-0.05, 0) is 73.7 Å². The monoisotopic (exact) mass is 631 g/mol. The molecule has 44 heavy (non-hydrogen) atoms. The number of aliphatic imine (C=N–C) groups is 1. The molecule has 1 heterocycles. The van der Waals surface area contributed by atoms with E-state index in [2.05, 4.69) is 57.2 Å². The Labute approximate surface area is 267 Å². The van der Waals surface area contributed by atoms with Gasteiger partial charge in [0.2, 0.25) is 0 Å². The van der Waals surface area contributed by atoms with Crippen molar-refractivity contribution in [3.8, 4) is 0 Å². The molecule has 9 nitrogen and oxygen atoms in total. The van der Waals surface area contributed by atoms with E-state index in [1.807, 2.05) is 23.8 Å². The van der Waals surface area contributed by atoms with Gasteiger partial charge in [-0.15, -0.1) is 0 Å². The zero-order valence-electron chi connectivity index (χ0n) is 26.8. The molecule has 11 heteroatoms. The molecule has 0 radical (unpaired) electrons. The fourth-order valence-corrected chi connectivity index (χ4v) is 6.21. The predicted octanol–water partition coefficient (Wildman–Crippen LogP) is 5.66. The van der Waals surface area contributed by atoms with Crippen molar-refractivity contribution in [3.63, 3.8) is 0 Å². The highest BCUT2D eigenvalue weighted by Crippen LogP contribution is 2.50. The van der Waals surface area contributed by atoms with Gasteiger partial charge in [0.1, 0.15) is 24.0 Å².